The van der Waals surface area contributed by atoms with Crippen LogP contribution < -0.4 is 0 Å². The van der Waals surface area contributed by atoms with E-state index in [1.165, 1.54) is 77.0 Å². The predicted octanol–water partition coefficient (Wildman–Crippen LogP) is 8.09. The second-order valence-corrected chi connectivity index (χ2v) is 11.1. The topological polar surface area (TPSA) is 127 Å². The fraction of sp³-hybridized carbons (Fsp3) is 0.875. The summed E-state index contributed by atoms with van der Waals surface area (Å²) >= 11 is 0. The van der Waals surface area contributed by atoms with E-state index in [0.29, 0.717) is 12.8 Å². The Morgan fingerprint density at radius 1 is 0.452 bits per heavy atom. The Hall–Kier alpha value is -0.639. The predicted molar refractivity (Wildman–Crippen MR) is 157 cm³/mol. The molecule has 0 aliphatic heterocycles. The van der Waals surface area contributed by atoms with Gasteiger partial charge < -0.3 is 19.7 Å². The van der Waals surface area contributed by atoms with E-state index in [2.05, 4.69) is 13.8 Å². The third-order valence-electron chi connectivity index (χ3n) is 7.42. The number of hydrogen-bond donors (Lipinski definition) is 2. The van der Waals surface area contributed by atoms with E-state index in [1.54, 1.807) is 0 Å². The van der Waals surface area contributed by atoms with Gasteiger partial charge in [0.2, 0.25) is 0 Å². The second-order valence-electron chi connectivity index (χ2n) is 11.1. The van der Waals surface area contributed by atoms with Gasteiger partial charge in [-0.2, -0.15) is 0 Å². The molecular formula is C32H58Ag2O8. The van der Waals surface area contributed by atoms with Crippen LogP contribution in [0.2, 0.25) is 0 Å². The average molecular weight is 787 g/mol. The van der Waals surface area contributed by atoms with E-state index < -0.39 is 48.6 Å². The summed E-state index contributed by atoms with van der Waals surface area (Å²) in [5.41, 5.74) is 0. The van der Waals surface area contributed by atoms with Crippen molar-refractivity contribution in [3.63, 3.8) is 0 Å². The number of aliphatic carboxylic acids is 2. The molecule has 0 saturated carbocycles. The maximum Gasteiger partial charge on any atom is 0.307 e. The van der Waals surface area contributed by atoms with Crippen molar-refractivity contribution in [2.24, 2.45) is 11.8 Å². The van der Waals surface area contributed by atoms with Crippen LogP contribution in [0.25, 0.3) is 0 Å². The van der Waals surface area contributed by atoms with Crippen molar-refractivity contribution < 1.29 is 83.6 Å². The zero-order chi connectivity index (χ0) is 29.8. The molecule has 0 rings (SSSR count). The summed E-state index contributed by atoms with van der Waals surface area (Å²) in [5, 5.41) is 19.1. The zero-order valence-corrected chi connectivity index (χ0v) is 29.0. The molecule has 42 heavy (non-hydrogen) atoms. The SMILES string of the molecule is CCCCCCCCCCCCOC(=O)CC(C(=O)O)C(CC(=O)OCCCCCCCCCCCC)C(=O)O.[Ag].[Ag]. The normalized spacial score (nSPS) is 12.0. The van der Waals surface area contributed by atoms with E-state index in [4.69, 9.17) is 9.47 Å². The minimum absolute atomic E-state index is 0. The first-order valence-corrected chi connectivity index (χ1v) is 16.1. The Balaban J connectivity index is -0.00000760. The number of carboxylic acids is 2. The molecule has 0 aromatic carbocycles. The molecule has 8 nitrogen and oxygen atoms in total. The van der Waals surface area contributed by atoms with Crippen molar-refractivity contribution in [3.05, 3.63) is 0 Å². The summed E-state index contributed by atoms with van der Waals surface area (Å²) in [6.45, 7) is 4.77. The summed E-state index contributed by atoms with van der Waals surface area (Å²) in [4.78, 5) is 48.0. The molecule has 2 unspecified atom stereocenters. The minimum Gasteiger partial charge on any atom is -0.481 e. The van der Waals surface area contributed by atoms with Crippen molar-refractivity contribution in [2.75, 3.05) is 13.2 Å². The first-order valence-electron chi connectivity index (χ1n) is 16.1. The van der Waals surface area contributed by atoms with Gasteiger partial charge in [-0.3, -0.25) is 19.2 Å². The zero-order valence-electron chi connectivity index (χ0n) is 26.1. The van der Waals surface area contributed by atoms with Crippen molar-refractivity contribution in [1.82, 2.24) is 0 Å². The van der Waals surface area contributed by atoms with Gasteiger partial charge in [-0.05, 0) is 12.8 Å². The van der Waals surface area contributed by atoms with Crippen LogP contribution in [-0.2, 0) is 73.4 Å². The van der Waals surface area contributed by atoms with E-state index in [0.717, 1.165) is 38.5 Å². The number of carboxylic acid groups (broad SMARTS) is 2. The molecule has 0 aromatic heterocycles. The summed E-state index contributed by atoms with van der Waals surface area (Å²) in [7, 11) is 0. The van der Waals surface area contributed by atoms with Crippen LogP contribution in [0.15, 0.2) is 0 Å². The third kappa shape index (κ3) is 28.1. The van der Waals surface area contributed by atoms with Crippen LogP contribution in [0, 0.1) is 11.8 Å². The van der Waals surface area contributed by atoms with Crippen molar-refractivity contribution in [2.45, 2.75) is 155 Å². The van der Waals surface area contributed by atoms with Crippen molar-refractivity contribution in [1.29, 1.82) is 0 Å². The van der Waals surface area contributed by atoms with Gasteiger partial charge in [0.15, 0.2) is 0 Å². The van der Waals surface area contributed by atoms with Gasteiger partial charge >= 0.3 is 23.9 Å². The molecule has 2 N–H and O–H groups in total. The molecule has 0 heterocycles. The second kappa shape index (κ2) is 33.3. The Morgan fingerprint density at radius 3 is 0.929 bits per heavy atom. The van der Waals surface area contributed by atoms with Gasteiger partial charge in [0, 0.05) is 44.8 Å². The molecule has 0 fully saturated rings. The molecule has 0 aromatic rings. The number of ether oxygens (including phenoxy) is 2. The van der Waals surface area contributed by atoms with Gasteiger partial charge in [0.25, 0.3) is 0 Å². The number of carbonyl (C=O) groups is 4. The van der Waals surface area contributed by atoms with E-state index >= 15 is 0 Å². The number of esters is 2. The summed E-state index contributed by atoms with van der Waals surface area (Å²) in [6, 6.07) is 0. The first kappa shape index (κ1) is 45.8. The van der Waals surface area contributed by atoms with Crippen LogP contribution in [0.5, 0.6) is 0 Å². The molecule has 2 radical (unpaired) electrons. The van der Waals surface area contributed by atoms with Crippen LogP contribution in [0.4, 0.5) is 0 Å². The van der Waals surface area contributed by atoms with Crippen molar-refractivity contribution in [3.8, 4) is 0 Å². The number of hydrogen-bond acceptors (Lipinski definition) is 6. The molecule has 0 saturated heterocycles. The van der Waals surface area contributed by atoms with Gasteiger partial charge in [-0.1, -0.05) is 129 Å². The monoisotopic (exact) mass is 784 g/mol. The summed E-state index contributed by atoms with van der Waals surface area (Å²) < 4.78 is 10.3. The molecule has 256 valence electrons. The van der Waals surface area contributed by atoms with Gasteiger partial charge in [-0.25, -0.2) is 0 Å². The average Bonchev–Trinajstić information content (AvgIpc) is 2.92. The third-order valence-corrected chi connectivity index (χ3v) is 7.42. The quantitative estimate of drug-likeness (QED) is 0.0443. The standard InChI is InChI=1S/C32H58O8.2Ag/c1-3-5-7-9-11-13-15-17-19-21-23-39-29(33)25-27(31(35)36)28(32(37)38)26-30(34)40-24-22-20-18-16-14-12-10-8-6-4-2;;/h27-28H,3-26H2,1-2H3,(H,35,36)(H,37,38);;. The Kier molecular flexibility index (Phi) is 36.3. The molecule has 0 aliphatic carbocycles. The first-order chi connectivity index (χ1) is 19.3. The van der Waals surface area contributed by atoms with Crippen molar-refractivity contribution >= 4 is 23.9 Å². The maximum atomic E-state index is 12.2. The smallest absolute Gasteiger partial charge is 0.307 e. The fourth-order valence-corrected chi connectivity index (χ4v) is 4.83. The van der Waals surface area contributed by atoms with Crippen LogP contribution in [0.3, 0.4) is 0 Å². The Morgan fingerprint density at radius 2 is 0.690 bits per heavy atom. The molecule has 2 atom stereocenters. The molecular weight excluding hydrogens is 728 g/mol. The van der Waals surface area contributed by atoms with E-state index in [-0.39, 0.29) is 58.0 Å². The number of unbranched alkanes of at least 4 members (excludes halogenated alkanes) is 18. The Labute approximate surface area is 286 Å². The fourth-order valence-electron chi connectivity index (χ4n) is 4.83. The van der Waals surface area contributed by atoms with Gasteiger partial charge in [0.1, 0.15) is 0 Å². The van der Waals surface area contributed by atoms with Crippen LogP contribution >= 0.6 is 0 Å². The van der Waals surface area contributed by atoms with E-state index in [1.807, 2.05) is 0 Å². The summed E-state index contributed by atoms with van der Waals surface area (Å²) in [6.07, 6.45) is 21.6. The Bertz CT molecular complexity index is 619. The van der Waals surface area contributed by atoms with Gasteiger partial charge in [0.05, 0.1) is 37.9 Å². The molecule has 0 bridgehead atoms. The minimum atomic E-state index is -1.55. The largest absolute Gasteiger partial charge is 0.481 e. The van der Waals surface area contributed by atoms with E-state index in [9.17, 15) is 29.4 Å². The summed E-state index contributed by atoms with van der Waals surface area (Å²) in [5.74, 6) is -7.50. The number of rotatable bonds is 29. The molecule has 0 spiro atoms. The maximum absolute atomic E-state index is 12.2. The molecule has 0 amide bonds. The number of carbonyl (C=O) groups excluding carboxylic acids is 2. The van der Waals surface area contributed by atoms with Gasteiger partial charge in [-0.15, -0.1) is 0 Å². The van der Waals surface area contributed by atoms with Crippen LogP contribution in [-0.4, -0.2) is 47.3 Å². The molecule has 0 aliphatic rings. The molecule has 10 heteroatoms. The van der Waals surface area contributed by atoms with Crippen LogP contribution in [0.1, 0.15) is 155 Å².